The van der Waals surface area contributed by atoms with Crippen LogP contribution in [0.3, 0.4) is 0 Å². The van der Waals surface area contributed by atoms with Crippen molar-refractivity contribution in [2.75, 3.05) is 0 Å². The van der Waals surface area contributed by atoms with Gasteiger partial charge in [0.05, 0.1) is 0 Å². The molecule has 2 heteroatoms. The van der Waals surface area contributed by atoms with Crippen molar-refractivity contribution in [2.24, 2.45) is 35.4 Å². The molecule has 14 heavy (non-hydrogen) atoms. The topological polar surface area (TPSA) is 38.0 Å². The second-order valence-electron chi connectivity index (χ2n) is 5.56. The van der Waals surface area contributed by atoms with Crippen molar-refractivity contribution in [3.8, 4) is 0 Å². The molecule has 0 spiro atoms. The molecular weight excluding hydrogens is 172 g/mol. The van der Waals surface area contributed by atoms with Gasteiger partial charge >= 0.3 is 0 Å². The smallest absolute Gasteiger partial charge is 0.0448 e. The van der Waals surface area contributed by atoms with Crippen LogP contribution in [0.2, 0.25) is 0 Å². The van der Waals surface area contributed by atoms with Crippen LogP contribution in [-0.2, 0) is 0 Å². The van der Waals surface area contributed by atoms with E-state index < -0.39 is 0 Å². The van der Waals surface area contributed by atoms with E-state index in [0.29, 0.717) is 6.04 Å². The van der Waals surface area contributed by atoms with Crippen LogP contribution >= 0.6 is 0 Å². The summed E-state index contributed by atoms with van der Waals surface area (Å²) >= 11 is 0. The van der Waals surface area contributed by atoms with Crippen molar-refractivity contribution in [3.63, 3.8) is 0 Å². The van der Waals surface area contributed by atoms with Crippen molar-refractivity contribution in [1.82, 2.24) is 5.43 Å². The molecule has 3 saturated carbocycles. The average Bonchev–Trinajstić information content (AvgIpc) is 2.57. The summed E-state index contributed by atoms with van der Waals surface area (Å²) in [5.41, 5.74) is 4.18. The molecular formula is C12H20N2. The molecule has 3 aliphatic rings. The van der Waals surface area contributed by atoms with E-state index in [9.17, 15) is 0 Å². The molecule has 0 saturated heterocycles. The fourth-order valence-electron chi connectivity index (χ4n) is 4.42. The highest BCUT2D eigenvalue weighted by Crippen LogP contribution is 2.70. The minimum atomic E-state index is 0.383. The number of fused-ring (bicyclic) bond motifs is 5. The lowest BCUT2D eigenvalue weighted by Crippen LogP contribution is -2.39. The largest absolute Gasteiger partial charge is 0.271 e. The van der Waals surface area contributed by atoms with Gasteiger partial charge in [0.2, 0.25) is 0 Å². The van der Waals surface area contributed by atoms with E-state index in [0.717, 1.165) is 29.6 Å². The van der Waals surface area contributed by atoms with E-state index in [2.05, 4.69) is 18.9 Å². The number of hydrazine groups is 1. The van der Waals surface area contributed by atoms with Crippen LogP contribution in [0.1, 0.15) is 26.2 Å². The average molecular weight is 192 g/mol. The van der Waals surface area contributed by atoms with Gasteiger partial charge in [-0.25, -0.2) is 0 Å². The van der Waals surface area contributed by atoms with Gasteiger partial charge in [0, 0.05) is 6.04 Å². The third-order valence-corrected chi connectivity index (χ3v) is 4.89. The Kier molecular flexibility index (Phi) is 1.80. The van der Waals surface area contributed by atoms with Gasteiger partial charge in [0.15, 0.2) is 0 Å². The first kappa shape index (κ1) is 8.93. The summed E-state index contributed by atoms with van der Waals surface area (Å²) in [6, 6.07) is 0.383. The van der Waals surface area contributed by atoms with Crippen LogP contribution in [0.25, 0.3) is 0 Å². The molecule has 0 aliphatic heterocycles. The third kappa shape index (κ3) is 0.986. The molecule has 3 fully saturated rings. The van der Waals surface area contributed by atoms with Crippen molar-refractivity contribution >= 4 is 0 Å². The molecule has 3 rings (SSSR count). The highest BCUT2D eigenvalue weighted by molar-refractivity contribution is 5.21. The maximum absolute atomic E-state index is 5.62. The van der Waals surface area contributed by atoms with Crippen LogP contribution in [-0.4, -0.2) is 6.04 Å². The fourth-order valence-corrected chi connectivity index (χ4v) is 4.42. The molecule has 0 heterocycles. The van der Waals surface area contributed by atoms with Gasteiger partial charge in [-0.05, 0) is 55.8 Å². The molecule has 0 aromatic carbocycles. The Morgan fingerprint density at radius 1 is 1.36 bits per heavy atom. The minimum Gasteiger partial charge on any atom is -0.271 e. The van der Waals surface area contributed by atoms with E-state index in [1.807, 2.05) is 0 Å². The van der Waals surface area contributed by atoms with Gasteiger partial charge in [-0.1, -0.05) is 12.2 Å². The zero-order chi connectivity index (χ0) is 9.87. The molecule has 2 nitrogen and oxygen atoms in total. The Morgan fingerprint density at radius 3 is 2.36 bits per heavy atom. The Hall–Kier alpha value is -0.340. The number of hydrogen-bond acceptors (Lipinski definition) is 2. The Morgan fingerprint density at radius 2 is 1.93 bits per heavy atom. The zero-order valence-corrected chi connectivity index (χ0v) is 8.87. The zero-order valence-electron chi connectivity index (χ0n) is 8.87. The lowest BCUT2D eigenvalue weighted by molar-refractivity contribution is 0.396. The molecule has 0 amide bonds. The van der Waals surface area contributed by atoms with Crippen LogP contribution < -0.4 is 11.3 Å². The summed E-state index contributed by atoms with van der Waals surface area (Å²) in [5, 5.41) is 0. The number of hydrogen-bond donors (Lipinski definition) is 2. The second kappa shape index (κ2) is 2.83. The van der Waals surface area contributed by atoms with Crippen LogP contribution in [0.4, 0.5) is 0 Å². The molecule has 0 aromatic heterocycles. The molecule has 5 atom stereocenters. The van der Waals surface area contributed by atoms with Gasteiger partial charge in [0.25, 0.3) is 0 Å². The summed E-state index contributed by atoms with van der Waals surface area (Å²) in [6.07, 6.45) is 4.48. The van der Waals surface area contributed by atoms with Gasteiger partial charge in [-0.2, -0.15) is 0 Å². The maximum atomic E-state index is 5.62. The number of rotatable bonds is 3. The van der Waals surface area contributed by atoms with Gasteiger partial charge in [-0.3, -0.25) is 11.3 Å². The molecule has 3 N–H and O–H groups in total. The monoisotopic (exact) mass is 192 g/mol. The summed E-state index contributed by atoms with van der Waals surface area (Å²) in [4.78, 5) is 0. The van der Waals surface area contributed by atoms with E-state index in [4.69, 9.17) is 5.84 Å². The van der Waals surface area contributed by atoms with Gasteiger partial charge in [-0.15, -0.1) is 0 Å². The van der Waals surface area contributed by atoms with E-state index in [-0.39, 0.29) is 0 Å². The van der Waals surface area contributed by atoms with Crippen LogP contribution in [0.5, 0.6) is 0 Å². The van der Waals surface area contributed by atoms with Gasteiger partial charge < -0.3 is 0 Å². The quantitative estimate of drug-likeness (QED) is 0.406. The highest BCUT2D eigenvalue weighted by Gasteiger charge is 2.66. The summed E-state index contributed by atoms with van der Waals surface area (Å²) in [5.74, 6) is 10.5. The molecule has 3 aliphatic carbocycles. The first-order valence-corrected chi connectivity index (χ1v) is 5.85. The summed E-state index contributed by atoms with van der Waals surface area (Å²) in [6.45, 7) is 6.14. The lowest BCUT2D eigenvalue weighted by atomic mass is 9.94. The Balaban J connectivity index is 1.75. The Bertz CT molecular complexity index is 257. The van der Waals surface area contributed by atoms with E-state index >= 15 is 0 Å². The minimum absolute atomic E-state index is 0.383. The highest BCUT2D eigenvalue weighted by atomic mass is 15.2. The maximum Gasteiger partial charge on any atom is 0.0448 e. The van der Waals surface area contributed by atoms with E-state index in [1.54, 1.807) is 0 Å². The fraction of sp³-hybridized carbons (Fsp3) is 0.833. The predicted molar refractivity (Wildman–Crippen MR) is 57.2 cm³/mol. The molecule has 0 radical (unpaired) electrons. The molecule has 5 unspecified atom stereocenters. The van der Waals surface area contributed by atoms with Crippen LogP contribution in [0.15, 0.2) is 12.2 Å². The normalized spacial score (nSPS) is 50.3. The van der Waals surface area contributed by atoms with Crippen LogP contribution in [0, 0.1) is 29.6 Å². The standard InChI is InChI=1S/C12H20N2/c1-6(2)12(14-13)11-9-7-3-4-8(5-7)10(9)11/h7-12,14H,1,3-5,13H2,2H3. The predicted octanol–water partition coefficient (Wildman–Crippen LogP) is 1.69. The summed E-state index contributed by atoms with van der Waals surface area (Å²) < 4.78 is 0. The van der Waals surface area contributed by atoms with Gasteiger partial charge in [0.1, 0.15) is 0 Å². The molecule has 78 valence electrons. The third-order valence-electron chi connectivity index (χ3n) is 4.89. The summed E-state index contributed by atoms with van der Waals surface area (Å²) in [7, 11) is 0. The Labute approximate surface area is 85.9 Å². The van der Waals surface area contributed by atoms with Crippen molar-refractivity contribution in [2.45, 2.75) is 32.2 Å². The number of nitrogens with one attached hydrogen (secondary N) is 1. The molecule has 0 aromatic rings. The van der Waals surface area contributed by atoms with Crippen molar-refractivity contribution in [3.05, 3.63) is 12.2 Å². The SMILES string of the molecule is C=C(C)C(NN)C1C2C3CCC(C3)C21. The lowest BCUT2D eigenvalue weighted by Gasteiger charge is -2.19. The van der Waals surface area contributed by atoms with E-state index in [1.165, 1.54) is 24.8 Å². The van der Waals surface area contributed by atoms with Crippen molar-refractivity contribution < 1.29 is 0 Å². The molecule has 2 bridgehead atoms. The first-order chi connectivity index (χ1) is 6.74. The second-order valence-corrected chi connectivity index (χ2v) is 5.56. The number of nitrogens with two attached hydrogens (primary N) is 1. The van der Waals surface area contributed by atoms with Crippen molar-refractivity contribution in [1.29, 1.82) is 0 Å². The first-order valence-electron chi connectivity index (χ1n) is 5.85.